The van der Waals surface area contributed by atoms with Crippen molar-refractivity contribution in [2.24, 2.45) is 4.99 Å². The molecule has 2 fully saturated rings. The zero-order valence-corrected chi connectivity index (χ0v) is 18.8. The molecule has 3 rings (SSSR count). The highest BCUT2D eigenvalue weighted by molar-refractivity contribution is 7.89. The smallest absolute Gasteiger partial charge is 0.213 e. The van der Waals surface area contributed by atoms with Crippen molar-refractivity contribution in [1.29, 1.82) is 0 Å². The maximum Gasteiger partial charge on any atom is 0.213 e. The normalized spacial score (nSPS) is 21.6. The molecule has 0 spiro atoms. The third-order valence-corrected chi connectivity index (χ3v) is 7.40. The monoisotopic (exact) mass is 436 g/mol. The van der Waals surface area contributed by atoms with Gasteiger partial charge in [0.25, 0.3) is 0 Å². The van der Waals surface area contributed by atoms with Gasteiger partial charge in [-0.15, -0.1) is 0 Å². The van der Waals surface area contributed by atoms with E-state index in [-0.39, 0.29) is 17.3 Å². The maximum atomic E-state index is 12.3. The molecule has 1 saturated carbocycles. The van der Waals surface area contributed by atoms with Crippen molar-refractivity contribution in [3.05, 3.63) is 35.9 Å². The van der Waals surface area contributed by atoms with Crippen molar-refractivity contribution in [1.82, 2.24) is 15.4 Å². The number of benzene rings is 1. The first-order chi connectivity index (χ1) is 14.5. The van der Waals surface area contributed by atoms with Crippen LogP contribution in [0.15, 0.2) is 35.3 Å². The van der Waals surface area contributed by atoms with Gasteiger partial charge in [0.15, 0.2) is 5.96 Å². The molecule has 1 aromatic carbocycles. The molecule has 7 nitrogen and oxygen atoms in total. The Balaban J connectivity index is 1.48. The summed E-state index contributed by atoms with van der Waals surface area (Å²) < 4.78 is 32.9. The van der Waals surface area contributed by atoms with E-state index >= 15 is 0 Å². The lowest BCUT2D eigenvalue weighted by Crippen LogP contribution is -2.44. The first-order valence-electron chi connectivity index (χ1n) is 11.2. The minimum absolute atomic E-state index is 0.00276. The second-order valence-corrected chi connectivity index (χ2v) is 10.2. The Labute approximate surface area is 181 Å². The van der Waals surface area contributed by atoms with Crippen LogP contribution in [0.5, 0.6) is 0 Å². The molecule has 0 bridgehead atoms. The van der Waals surface area contributed by atoms with Gasteiger partial charge < -0.3 is 15.4 Å². The molecule has 168 valence electrons. The number of ether oxygens (including phenoxy) is 1. The van der Waals surface area contributed by atoms with E-state index in [1.165, 1.54) is 12.0 Å². The Morgan fingerprint density at radius 3 is 2.60 bits per heavy atom. The number of rotatable bonds is 10. The Morgan fingerprint density at radius 2 is 1.97 bits per heavy atom. The number of hydrogen-bond donors (Lipinski definition) is 3. The van der Waals surface area contributed by atoms with Crippen molar-refractivity contribution in [3.63, 3.8) is 0 Å². The van der Waals surface area contributed by atoms with Crippen LogP contribution >= 0.6 is 0 Å². The van der Waals surface area contributed by atoms with E-state index in [1.807, 2.05) is 13.0 Å². The van der Waals surface area contributed by atoms with Crippen molar-refractivity contribution >= 4 is 16.0 Å². The number of aliphatic imine (C=N–C) groups is 1. The van der Waals surface area contributed by atoms with Gasteiger partial charge in [-0.1, -0.05) is 36.8 Å². The summed E-state index contributed by atoms with van der Waals surface area (Å²) >= 11 is 0. The van der Waals surface area contributed by atoms with Crippen LogP contribution < -0.4 is 15.4 Å². The summed E-state index contributed by atoms with van der Waals surface area (Å²) in [6.07, 6.45) is 6.58. The van der Waals surface area contributed by atoms with Crippen LogP contribution in [0.25, 0.3) is 0 Å². The minimum Gasteiger partial charge on any atom is -0.377 e. The molecule has 1 aliphatic heterocycles. The fraction of sp³-hybridized carbons (Fsp3) is 0.682. The van der Waals surface area contributed by atoms with E-state index in [9.17, 15) is 8.42 Å². The third-order valence-electron chi connectivity index (χ3n) is 6.05. The molecule has 3 N–H and O–H groups in total. The summed E-state index contributed by atoms with van der Waals surface area (Å²) in [5, 5.41) is 6.40. The summed E-state index contributed by atoms with van der Waals surface area (Å²) in [6.45, 7) is 4.84. The van der Waals surface area contributed by atoms with Gasteiger partial charge in [-0.05, 0) is 44.6 Å². The van der Waals surface area contributed by atoms with Gasteiger partial charge in [-0.2, -0.15) is 0 Å². The highest BCUT2D eigenvalue weighted by Crippen LogP contribution is 2.43. The fourth-order valence-corrected chi connectivity index (χ4v) is 5.02. The highest BCUT2D eigenvalue weighted by Gasteiger charge is 2.38. The van der Waals surface area contributed by atoms with Crippen LogP contribution in [-0.2, 0) is 20.2 Å². The first kappa shape index (κ1) is 23.0. The molecule has 1 saturated heterocycles. The molecule has 0 amide bonds. The molecular formula is C22H36N4O3S. The second kappa shape index (κ2) is 11.1. The molecule has 1 aromatic rings. The molecular weight excluding hydrogens is 400 g/mol. The molecule has 1 unspecified atom stereocenters. The van der Waals surface area contributed by atoms with Crippen molar-refractivity contribution in [3.8, 4) is 0 Å². The van der Waals surface area contributed by atoms with Gasteiger partial charge in [-0.25, -0.2) is 13.1 Å². The first-order valence-corrected chi connectivity index (χ1v) is 12.8. The van der Waals surface area contributed by atoms with Crippen LogP contribution in [0, 0.1) is 0 Å². The van der Waals surface area contributed by atoms with Gasteiger partial charge in [-0.3, -0.25) is 4.99 Å². The van der Waals surface area contributed by atoms with E-state index in [4.69, 9.17) is 9.73 Å². The fourth-order valence-electron chi connectivity index (χ4n) is 4.07. The Kier molecular flexibility index (Phi) is 8.53. The maximum absolute atomic E-state index is 12.3. The number of guanidine groups is 1. The molecule has 8 heteroatoms. The Hall–Kier alpha value is -1.64. The Bertz CT molecular complexity index is 773. The van der Waals surface area contributed by atoms with E-state index in [0.717, 1.165) is 45.3 Å². The molecule has 1 heterocycles. The zero-order chi connectivity index (χ0) is 21.3. The number of hydrogen-bond acceptors (Lipinski definition) is 4. The third kappa shape index (κ3) is 6.68. The van der Waals surface area contributed by atoms with Crippen molar-refractivity contribution < 1.29 is 13.2 Å². The van der Waals surface area contributed by atoms with E-state index in [1.54, 1.807) is 0 Å². The molecule has 2 aliphatic rings. The molecule has 1 aliphatic carbocycles. The van der Waals surface area contributed by atoms with Crippen molar-refractivity contribution in [2.45, 2.75) is 57.0 Å². The standard InChI is InChI=1S/C22H36N4O3S/c1-2-23-21(25-18-22(12-8-13-22)19-9-4-3-5-10-19)24-14-16-30(27,28)26-17-20-11-6-7-15-29-20/h3-5,9-10,20,26H,2,6-8,11-18H2,1H3,(H2,23,24,25). The molecule has 30 heavy (non-hydrogen) atoms. The van der Waals surface area contributed by atoms with Crippen LogP contribution in [0.3, 0.4) is 0 Å². The molecule has 0 aromatic heterocycles. The summed E-state index contributed by atoms with van der Waals surface area (Å²) in [5.41, 5.74) is 1.45. The molecule has 0 radical (unpaired) electrons. The van der Waals surface area contributed by atoms with Crippen LogP contribution in [0.1, 0.15) is 51.0 Å². The summed E-state index contributed by atoms with van der Waals surface area (Å²) in [7, 11) is -3.35. The Morgan fingerprint density at radius 1 is 1.17 bits per heavy atom. The average Bonchev–Trinajstić information content (AvgIpc) is 2.73. The lowest BCUT2D eigenvalue weighted by molar-refractivity contribution is 0.0200. The van der Waals surface area contributed by atoms with Gasteiger partial charge >= 0.3 is 0 Å². The minimum atomic E-state index is -3.35. The number of nitrogens with one attached hydrogen (secondary N) is 3. The molecule has 1 atom stereocenters. The second-order valence-electron chi connectivity index (χ2n) is 8.28. The van der Waals surface area contributed by atoms with Gasteiger partial charge in [0.2, 0.25) is 10.0 Å². The van der Waals surface area contributed by atoms with Crippen LogP contribution in [0.4, 0.5) is 0 Å². The van der Waals surface area contributed by atoms with E-state index < -0.39 is 10.0 Å². The SMILES string of the molecule is CCNC(=NCC1(c2ccccc2)CCC1)NCCS(=O)(=O)NCC1CCCCO1. The average molecular weight is 437 g/mol. The number of nitrogens with zero attached hydrogens (tertiary/aromatic N) is 1. The lowest BCUT2D eigenvalue weighted by atomic mass is 9.64. The zero-order valence-electron chi connectivity index (χ0n) is 18.0. The van der Waals surface area contributed by atoms with Crippen LogP contribution in [-0.4, -0.2) is 59.0 Å². The largest absolute Gasteiger partial charge is 0.377 e. The predicted octanol–water partition coefficient (Wildman–Crippen LogP) is 2.15. The van der Waals surface area contributed by atoms with Crippen LogP contribution in [0.2, 0.25) is 0 Å². The summed E-state index contributed by atoms with van der Waals surface area (Å²) in [6, 6.07) is 10.6. The lowest BCUT2D eigenvalue weighted by Gasteiger charge is -2.41. The highest BCUT2D eigenvalue weighted by atomic mass is 32.2. The summed E-state index contributed by atoms with van der Waals surface area (Å²) in [4.78, 5) is 4.78. The van der Waals surface area contributed by atoms with Gasteiger partial charge in [0.05, 0.1) is 18.4 Å². The summed E-state index contributed by atoms with van der Waals surface area (Å²) in [5.74, 6) is 0.680. The van der Waals surface area contributed by atoms with E-state index in [2.05, 4.69) is 39.6 Å². The van der Waals surface area contributed by atoms with Gasteiger partial charge in [0.1, 0.15) is 0 Å². The predicted molar refractivity (Wildman–Crippen MR) is 121 cm³/mol. The van der Waals surface area contributed by atoms with Gasteiger partial charge in [0, 0.05) is 31.7 Å². The number of sulfonamides is 1. The van der Waals surface area contributed by atoms with E-state index in [0.29, 0.717) is 25.6 Å². The quantitative estimate of drug-likeness (QED) is 0.386. The topological polar surface area (TPSA) is 91.8 Å². The van der Waals surface area contributed by atoms with Crippen molar-refractivity contribution in [2.75, 3.05) is 38.5 Å².